The molecule has 0 saturated heterocycles. The van der Waals surface area contributed by atoms with Crippen LogP contribution in [0.25, 0.3) is 0 Å². The van der Waals surface area contributed by atoms with Gasteiger partial charge in [0.05, 0.1) is 11.8 Å². The summed E-state index contributed by atoms with van der Waals surface area (Å²) in [4.78, 5) is 25.1. The van der Waals surface area contributed by atoms with Gasteiger partial charge in [0.25, 0.3) is 0 Å². The molecule has 1 aliphatic rings. The van der Waals surface area contributed by atoms with Crippen molar-refractivity contribution in [2.45, 2.75) is 41.0 Å². The van der Waals surface area contributed by atoms with Crippen LogP contribution in [0.2, 0.25) is 0 Å². The molecular weight excluding hydrogens is 324 g/mol. The second kappa shape index (κ2) is 6.94. The fourth-order valence-electron chi connectivity index (χ4n) is 3.46. The smallest absolute Gasteiger partial charge is 0.228 e. The third-order valence-corrected chi connectivity index (χ3v) is 5.04. The normalized spacial score (nSPS) is 18.3. The zero-order valence-electron chi connectivity index (χ0n) is 16.1. The van der Waals surface area contributed by atoms with Crippen molar-refractivity contribution in [1.82, 2.24) is 0 Å². The predicted molar refractivity (Wildman–Crippen MR) is 105 cm³/mol. The molecule has 2 N–H and O–H groups in total. The average Bonchev–Trinajstić information content (AvgIpc) is 3.35. The van der Waals surface area contributed by atoms with Gasteiger partial charge < -0.3 is 10.6 Å². The molecule has 4 nitrogen and oxygen atoms in total. The lowest BCUT2D eigenvalue weighted by Gasteiger charge is -2.13. The molecule has 4 heteroatoms. The van der Waals surface area contributed by atoms with Crippen molar-refractivity contribution in [3.63, 3.8) is 0 Å². The molecule has 0 aromatic heterocycles. The van der Waals surface area contributed by atoms with Crippen molar-refractivity contribution in [3.05, 3.63) is 58.1 Å². The minimum atomic E-state index is -0.250. The van der Waals surface area contributed by atoms with Crippen LogP contribution in [0.5, 0.6) is 0 Å². The summed E-state index contributed by atoms with van der Waals surface area (Å²) in [5.74, 6) is -0.640. The first-order valence-electron chi connectivity index (χ1n) is 9.03. The van der Waals surface area contributed by atoms with E-state index in [0.717, 1.165) is 33.6 Å². The number of hydrogen-bond acceptors (Lipinski definition) is 2. The summed E-state index contributed by atoms with van der Waals surface area (Å²) in [5, 5.41) is 5.99. The molecule has 26 heavy (non-hydrogen) atoms. The van der Waals surface area contributed by atoms with Crippen LogP contribution < -0.4 is 10.6 Å². The Balaban J connectivity index is 1.64. The molecule has 0 bridgehead atoms. The minimum absolute atomic E-state index is 0.0684. The fraction of sp³-hybridized carbons (Fsp3) is 0.364. The summed E-state index contributed by atoms with van der Waals surface area (Å²) in [6, 6.07) is 10.1. The number of rotatable bonds is 4. The lowest BCUT2D eigenvalue weighted by molar-refractivity contribution is -0.122. The van der Waals surface area contributed by atoms with Gasteiger partial charge in [-0.25, -0.2) is 0 Å². The van der Waals surface area contributed by atoms with Crippen molar-refractivity contribution in [1.29, 1.82) is 0 Å². The van der Waals surface area contributed by atoms with Gasteiger partial charge >= 0.3 is 0 Å². The van der Waals surface area contributed by atoms with Crippen LogP contribution in [0.15, 0.2) is 30.3 Å². The van der Waals surface area contributed by atoms with E-state index in [1.165, 1.54) is 5.56 Å². The zero-order valence-corrected chi connectivity index (χ0v) is 16.1. The number of amides is 2. The maximum Gasteiger partial charge on any atom is 0.228 e. The molecule has 2 amide bonds. The van der Waals surface area contributed by atoms with E-state index in [9.17, 15) is 9.59 Å². The largest absolute Gasteiger partial charge is 0.326 e. The van der Waals surface area contributed by atoms with Gasteiger partial charge in [-0.15, -0.1) is 0 Å². The Kier molecular flexibility index (Phi) is 4.86. The maximum absolute atomic E-state index is 12.6. The third kappa shape index (κ3) is 3.79. The molecule has 1 aliphatic carbocycles. The number of benzene rings is 2. The Bertz CT molecular complexity index is 863. The average molecular weight is 350 g/mol. The van der Waals surface area contributed by atoms with E-state index in [0.29, 0.717) is 6.42 Å². The minimum Gasteiger partial charge on any atom is -0.326 e. The van der Waals surface area contributed by atoms with Gasteiger partial charge in [-0.05, 0) is 69.4 Å². The molecule has 136 valence electrons. The summed E-state index contributed by atoms with van der Waals surface area (Å²) in [7, 11) is 0. The van der Waals surface area contributed by atoms with Crippen molar-refractivity contribution >= 4 is 23.2 Å². The SMILES string of the molecule is Cc1cc(C)c(NC(=O)C2CC2C(=O)Nc2cc(C)ccc2C)c(C)c1. The standard InChI is InChI=1S/C22H26N2O2/c1-12-6-7-14(3)19(10-12)23-21(25)17-11-18(17)22(26)24-20-15(4)8-13(2)9-16(20)5/h6-10,17-18H,11H2,1-5H3,(H,23,25)(H,24,26). The quantitative estimate of drug-likeness (QED) is 0.856. The Morgan fingerprint density at radius 2 is 1.35 bits per heavy atom. The molecule has 0 spiro atoms. The van der Waals surface area contributed by atoms with Crippen LogP contribution in [0.4, 0.5) is 11.4 Å². The summed E-state index contributed by atoms with van der Waals surface area (Å²) in [6.45, 7) is 9.99. The molecule has 0 radical (unpaired) electrons. The molecule has 2 unspecified atom stereocenters. The van der Waals surface area contributed by atoms with Gasteiger partial charge in [0.15, 0.2) is 0 Å². The summed E-state index contributed by atoms with van der Waals surface area (Å²) in [5.41, 5.74) is 7.08. The van der Waals surface area contributed by atoms with E-state index in [4.69, 9.17) is 0 Å². The number of hydrogen-bond donors (Lipinski definition) is 2. The van der Waals surface area contributed by atoms with Gasteiger partial charge in [-0.3, -0.25) is 9.59 Å². The number of aryl methyl sites for hydroxylation is 5. The summed E-state index contributed by atoms with van der Waals surface area (Å²) >= 11 is 0. The van der Waals surface area contributed by atoms with E-state index in [1.807, 2.05) is 52.8 Å². The summed E-state index contributed by atoms with van der Waals surface area (Å²) in [6.07, 6.45) is 0.604. The first-order valence-corrected chi connectivity index (χ1v) is 9.03. The first kappa shape index (κ1) is 18.2. The van der Waals surface area contributed by atoms with E-state index in [2.05, 4.69) is 22.8 Å². The highest BCUT2D eigenvalue weighted by molar-refractivity contribution is 6.04. The van der Waals surface area contributed by atoms with Crippen molar-refractivity contribution < 1.29 is 9.59 Å². The van der Waals surface area contributed by atoms with Gasteiger partial charge in [0.2, 0.25) is 11.8 Å². The highest BCUT2D eigenvalue weighted by Gasteiger charge is 2.48. The lowest BCUT2D eigenvalue weighted by atomic mass is 10.0. The Hall–Kier alpha value is -2.62. The molecule has 0 heterocycles. The molecule has 2 aromatic carbocycles. The molecule has 1 fully saturated rings. The second-order valence-electron chi connectivity index (χ2n) is 7.52. The molecule has 1 saturated carbocycles. The molecular formula is C22H26N2O2. The molecule has 2 atom stereocenters. The van der Waals surface area contributed by atoms with Crippen molar-refractivity contribution in [2.75, 3.05) is 10.6 Å². The lowest BCUT2D eigenvalue weighted by Crippen LogP contribution is -2.21. The predicted octanol–water partition coefficient (Wildman–Crippen LogP) is 4.44. The fourth-order valence-corrected chi connectivity index (χ4v) is 3.46. The molecule has 0 aliphatic heterocycles. The second-order valence-corrected chi connectivity index (χ2v) is 7.52. The van der Waals surface area contributed by atoms with E-state index in [-0.39, 0.29) is 23.7 Å². The first-order chi connectivity index (χ1) is 12.3. The topological polar surface area (TPSA) is 58.2 Å². The monoisotopic (exact) mass is 350 g/mol. The van der Waals surface area contributed by atoms with Crippen LogP contribution in [0, 0.1) is 46.5 Å². The van der Waals surface area contributed by atoms with Crippen LogP contribution in [-0.2, 0) is 9.59 Å². The highest BCUT2D eigenvalue weighted by atomic mass is 16.2. The van der Waals surface area contributed by atoms with Crippen molar-refractivity contribution in [2.24, 2.45) is 11.8 Å². The zero-order chi connectivity index (χ0) is 19.0. The number of carbonyl (C=O) groups is 2. The highest BCUT2D eigenvalue weighted by Crippen LogP contribution is 2.41. The van der Waals surface area contributed by atoms with E-state index >= 15 is 0 Å². The van der Waals surface area contributed by atoms with Crippen molar-refractivity contribution in [3.8, 4) is 0 Å². The van der Waals surface area contributed by atoms with E-state index < -0.39 is 0 Å². The molecule has 3 rings (SSSR count). The number of nitrogens with one attached hydrogen (secondary N) is 2. The van der Waals surface area contributed by atoms with Gasteiger partial charge in [0, 0.05) is 11.4 Å². The van der Waals surface area contributed by atoms with Crippen LogP contribution in [-0.4, -0.2) is 11.8 Å². The third-order valence-electron chi connectivity index (χ3n) is 5.04. The van der Waals surface area contributed by atoms with Crippen LogP contribution >= 0.6 is 0 Å². The number of carbonyl (C=O) groups excluding carboxylic acids is 2. The Labute approximate surface area is 155 Å². The Morgan fingerprint density at radius 3 is 1.96 bits per heavy atom. The van der Waals surface area contributed by atoms with Gasteiger partial charge in [-0.1, -0.05) is 29.8 Å². The van der Waals surface area contributed by atoms with Gasteiger partial charge in [0.1, 0.15) is 0 Å². The van der Waals surface area contributed by atoms with Crippen LogP contribution in [0.1, 0.15) is 34.2 Å². The molecule has 2 aromatic rings. The number of anilines is 2. The van der Waals surface area contributed by atoms with Crippen LogP contribution in [0.3, 0.4) is 0 Å². The Morgan fingerprint density at radius 1 is 0.769 bits per heavy atom. The maximum atomic E-state index is 12.6. The summed E-state index contributed by atoms with van der Waals surface area (Å²) < 4.78 is 0. The van der Waals surface area contributed by atoms with Gasteiger partial charge in [-0.2, -0.15) is 0 Å². The van der Waals surface area contributed by atoms with E-state index in [1.54, 1.807) is 0 Å².